The Bertz CT molecular complexity index is 831. The maximum absolute atomic E-state index is 9.25. The van der Waals surface area contributed by atoms with E-state index >= 15 is 0 Å². The largest absolute Gasteiger partial charge is 0.478 e. The van der Waals surface area contributed by atoms with Gasteiger partial charge in [-0.25, -0.2) is 14.8 Å². The van der Waals surface area contributed by atoms with Crippen molar-refractivity contribution in [2.45, 2.75) is 0 Å². The molecule has 0 radical (unpaired) electrons. The lowest BCUT2D eigenvalue weighted by molar-refractivity contribution is -0.131. The first-order valence-corrected chi connectivity index (χ1v) is 7.47. The molecular formula is C17H14BrN3O2. The van der Waals surface area contributed by atoms with Crippen molar-refractivity contribution in [2.24, 2.45) is 0 Å². The molecule has 1 heterocycles. The average Bonchev–Trinajstić information content (AvgIpc) is 2.56. The number of aliphatic carboxylic acids is 1. The van der Waals surface area contributed by atoms with Crippen LogP contribution in [0.5, 0.6) is 0 Å². The Hall–Kier alpha value is -2.73. The molecule has 0 fully saturated rings. The summed E-state index contributed by atoms with van der Waals surface area (Å²) >= 11 is 3.45. The van der Waals surface area contributed by atoms with Crippen LogP contribution in [0.4, 0.5) is 11.5 Å². The predicted molar refractivity (Wildman–Crippen MR) is 94.8 cm³/mol. The number of rotatable bonds is 3. The Balaban J connectivity index is 0.000000338. The van der Waals surface area contributed by atoms with Crippen LogP contribution in [-0.2, 0) is 4.79 Å². The molecule has 5 nitrogen and oxygen atoms in total. The number of hydrogen-bond acceptors (Lipinski definition) is 4. The number of carboxylic acid groups (broad SMARTS) is 1. The number of fused-ring (bicyclic) bond motifs is 1. The first-order valence-electron chi connectivity index (χ1n) is 6.68. The standard InChI is InChI=1S/C14H10BrN3.C3H4O2/c15-10-4-3-5-11(8-10)18-14-12-6-1-2-7-13(12)16-9-17-14;1-2-3(4)5/h1-9H,(H,16,17,18);2H,1H2,(H,4,5). The van der Waals surface area contributed by atoms with Gasteiger partial charge in [-0.05, 0) is 30.3 Å². The lowest BCUT2D eigenvalue weighted by Gasteiger charge is -2.08. The number of nitrogens with zero attached hydrogens (tertiary/aromatic N) is 2. The van der Waals surface area contributed by atoms with Gasteiger partial charge in [0.05, 0.1) is 5.52 Å². The topological polar surface area (TPSA) is 75.1 Å². The van der Waals surface area contributed by atoms with Crippen LogP contribution in [0.3, 0.4) is 0 Å². The van der Waals surface area contributed by atoms with Gasteiger partial charge < -0.3 is 10.4 Å². The number of anilines is 2. The van der Waals surface area contributed by atoms with E-state index in [4.69, 9.17) is 5.11 Å². The van der Waals surface area contributed by atoms with E-state index in [2.05, 4.69) is 37.8 Å². The predicted octanol–water partition coefficient (Wildman–Crippen LogP) is 4.39. The van der Waals surface area contributed by atoms with Crippen LogP contribution >= 0.6 is 15.9 Å². The van der Waals surface area contributed by atoms with Crippen LogP contribution in [0.25, 0.3) is 10.9 Å². The number of carbonyl (C=O) groups is 1. The van der Waals surface area contributed by atoms with E-state index in [9.17, 15) is 4.79 Å². The van der Waals surface area contributed by atoms with Crippen LogP contribution in [0.15, 0.2) is 72.0 Å². The number of aromatic nitrogens is 2. The Morgan fingerprint density at radius 3 is 2.61 bits per heavy atom. The van der Waals surface area contributed by atoms with E-state index in [1.807, 2.05) is 48.5 Å². The molecule has 6 heteroatoms. The van der Waals surface area contributed by atoms with E-state index in [1.165, 1.54) is 0 Å². The molecule has 0 amide bonds. The fourth-order valence-corrected chi connectivity index (χ4v) is 2.21. The summed E-state index contributed by atoms with van der Waals surface area (Å²) in [5.74, 6) is -0.163. The van der Waals surface area contributed by atoms with E-state index in [-0.39, 0.29) is 0 Å². The van der Waals surface area contributed by atoms with Crippen LogP contribution < -0.4 is 5.32 Å². The van der Waals surface area contributed by atoms with Gasteiger partial charge in [0, 0.05) is 21.6 Å². The smallest absolute Gasteiger partial charge is 0.327 e. The highest BCUT2D eigenvalue weighted by Crippen LogP contribution is 2.24. The molecule has 0 spiro atoms. The van der Waals surface area contributed by atoms with Crippen molar-refractivity contribution in [3.8, 4) is 0 Å². The SMILES string of the molecule is Brc1cccc(Nc2ncnc3ccccc23)c1.C=CC(=O)O. The van der Waals surface area contributed by atoms with Crippen LogP contribution in [0.2, 0.25) is 0 Å². The maximum Gasteiger partial charge on any atom is 0.327 e. The van der Waals surface area contributed by atoms with E-state index in [0.29, 0.717) is 0 Å². The maximum atomic E-state index is 9.25. The van der Waals surface area contributed by atoms with E-state index in [1.54, 1.807) is 6.33 Å². The Morgan fingerprint density at radius 1 is 1.17 bits per heavy atom. The molecule has 2 aromatic carbocycles. The summed E-state index contributed by atoms with van der Waals surface area (Å²) in [5, 5.41) is 11.9. The van der Waals surface area contributed by atoms with E-state index in [0.717, 1.165) is 33.0 Å². The second-order valence-electron chi connectivity index (χ2n) is 4.42. The zero-order valence-corrected chi connectivity index (χ0v) is 13.7. The highest BCUT2D eigenvalue weighted by atomic mass is 79.9. The minimum atomic E-state index is -0.981. The fourth-order valence-electron chi connectivity index (χ4n) is 1.81. The van der Waals surface area contributed by atoms with Gasteiger partial charge in [0.1, 0.15) is 12.1 Å². The van der Waals surface area contributed by atoms with Gasteiger partial charge in [-0.15, -0.1) is 0 Å². The molecule has 3 aromatic rings. The summed E-state index contributed by atoms with van der Waals surface area (Å²) < 4.78 is 1.03. The lowest BCUT2D eigenvalue weighted by atomic mass is 10.2. The van der Waals surface area contributed by atoms with Crippen molar-refractivity contribution >= 4 is 44.3 Å². The molecule has 0 bridgehead atoms. The Morgan fingerprint density at radius 2 is 1.91 bits per heavy atom. The van der Waals surface area contributed by atoms with Gasteiger partial charge in [0.25, 0.3) is 0 Å². The minimum Gasteiger partial charge on any atom is -0.478 e. The quantitative estimate of drug-likeness (QED) is 0.667. The fraction of sp³-hybridized carbons (Fsp3) is 0. The molecule has 0 unspecified atom stereocenters. The molecule has 3 rings (SSSR count). The Kier molecular flexibility index (Phi) is 5.82. The normalized spacial score (nSPS) is 9.61. The monoisotopic (exact) mass is 371 g/mol. The molecule has 0 aliphatic heterocycles. The van der Waals surface area contributed by atoms with Crippen LogP contribution in [-0.4, -0.2) is 21.0 Å². The van der Waals surface area contributed by atoms with Crippen LogP contribution in [0, 0.1) is 0 Å². The third-order valence-corrected chi connectivity index (χ3v) is 3.30. The number of nitrogens with one attached hydrogen (secondary N) is 1. The molecule has 1 aromatic heterocycles. The average molecular weight is 372 g/mol. The molecule has 2 N–H and O–H groups in total. The second-order valence-corrected chi connectivity index (χ2v) is 5.33. The highest BCUT2D eigenvalue weighted by Gasteiger charge is 2.03. The number of benzene rings is 2. The van der Waals surface area contributed by atoms with Crippen LogP contribution in [0.1, 0.15) is 0 Å². The molecular weight excluding hydrogens is 358 g/mol. The highest BCUT2D eigenvalue weighted by molar-refractivity contribution is 9.10. The zero-order valence-electron chi connectivity index (χ0n) is 12.1. The van der Waals surface area contributed by atoms with Gasteiger partial charge in [-0.1, -0.05) is 40.7 Å². The third kappa shape index (κ3) is 4.89. The van der Waals surface area contributed by atoms with Crippen molar-refractivity contribution in [2.75, 3.05) is 5.32 Å². The summed E-state index contributed by atoms with van der Waals surface area (Å²) in [6.45, 7) is 2.96. The molecule has 0 aliphatic carbocycles. The number of carboxylic acids is 1. The summed E-state index contributed by atoms with van der Waals surface area (Å²) in [6.07, 6.45) is 2.41. The van der Waals surface area contributed by atoms with Crippen molar-refractivity contribution in [1.82, 2.24) is 9.97 Å². The molecule has 0 saturated heterocycles. The molecule has 0 aliphatic rings. The summed E-state index contributed by atoms with van der Waals surface area (Å²) in [6, 6.07) is 15.9. The van der Waals surface area contributed by atoms with Gasteiger partial charge in [-0.2, -0.15) is 0 Å². The van der Waals surface area contributed by atoms with Gasteiger partial charge in [0.15, 0.2) is 0 Å². The van der Waals surface area contributed by atoms with Gasteiger partial charge in [0.2, 0.25) is 0 Å². The van der Waals surface area contributed by atoms with Gasteiger partial charge >= 0.3 is 5.97 Å². The number of hydrogen-bond donors (Lipinski definition) is 2. The zero-order chi connectivity index (χ0) is 16.7. The first kappa shape index (κ1) is 16.6. The van der Waals surface area contributed by atoms with Crippen molar-refractivity contribution in [3.63, 3.8) is 0 Å². The molecule has 0 atom stereocenters. The second kappa shape index (κ2) is 8.05. The van der Waals surface area contributed by atoms with Crippen molar-refractivity contribution in [3.05, 3.63) is 72.0 Å². The molecule has 23 heavy (non-hydrogen) atoms. The Labute approximate surface area is 141 Å². The minimum absolute atomic E-state index is 0.818. The summed E-state index contributed by atoms with van der Waals surface area (Å²) in [7, 11) is 0. The number of para-hydroxylation sites is 1. The van der Waals surface area contributed by atoms with E-state index < -0.39 is 5.97 Å². The van der Waals surface area contributed by atoms with Crippen molar-refractivity contribution in [1.29, 1.82) is 0 Å². The first-order chi connectivity index (χ1) is 11.1. The molecule has 116 valence electrons. The summed E-state index contributed by atoms with van der Waals surface area (Å²) in [5.41, 5.74) is 1.93. The third-order valence-electron chi connectivity index (χ3n) is 2.80. The van der Waals surface area contributed by atoms with Gasteiger partial charge in [-0.3, -0.25) is 0 Å². The van der Waals surface area contributed by atoms with Crippen molar-refractivity contribution < 1.29 is 9.90 Å². The molecule has 0 saturated carbocycles. The number of halogens is 1. The lowest BCUT2D eigenvalue weighted by Crippen LogP contribution is -1.95. The summed E-state index contributed by atoms with van der Waals surface area (Å²) in [4.78, 5) is 17.8.